The normalized spacial score (nSPS) is 15.3. The van der Waals surface area contributed by atoms with Crippen LogP contribution in [0.2, 0.25) is 0 Å². The number of thioether (sulfide) groups is 1. The fourth-order valence-electron chi connectivity index (χ4n) is 3.70. The summed E-state index contributed by atoms with van der Waals surface area (Å²) in [6.45, 7) is 0. The smallest absolute Gasteiger partial charge is 0.232 e. The van der Waals surface area contributed by atoms with Crippen LogP contribution in [0.1, 0.15) is 43.6 Å². The van der Waals surface area contributed by atoms with Crippen molar-refractivity contribution in [3.63, 3.8) is 0 Å². The van der Waals surface area contributed by atoms with E-state index in [0.717, 1.165) is 34.7 Å². The fourth-order valence-corrected chi connectivity index (χ4v) is 4.56. The molecule has 0 spiro atoms. The third-order valence-corrected chi connectivity index (χ3v) is 6.00. The zero-order valence-corrected chi connectivity index (χ0v) is 15.7. The second-order valence-corrected chi connectivity index (χ2v) is 7.81. The van der Waals surface area contributed by atoms with Crippen LogP contribution in [0.25, 0.3) is 0 Å². The first-order valence-corrected chi connectivity index (χ1v) is 10.2. The lowest BCUT2D eigenvalue weighted by Gasteiger charge is -2.24. The number of rotatable bonds is 7. The first-order valence-electron chi connectivity index (χ1n) is 9.24. The molecular formula is C22H24N2OS. The van der Waals surface area contributed by atoms with Gasteiger partial charge in [0.15, 0.2) is 0 Å². The predicted molar refractivity (Wildman–Crippen MR) is 107 cm³/mol. The van der Waals surface area contributed by atoms with Crippen molar-refractivity contribution in [3.8, 4) is 6.07 Å². The SMILES string of the molecule is N#CCCSc1ccccc1NC(=O)[C@@H](c1ccccc1)C1CCCC1. The van der Waals surface area contributed by atoms with Crippen LogP contribution >= 0.6 is 11.8 Å². The van der Waals surface area contributed by atoms with Crippen molar-refractivity contribution in [2.75, 3.05) is 11.1 Å². The average Bonchev–Trinajstić information content (AvgIpc) is 3.18. The Bertz CT molecular complexity index is 763. The molecule has 2 aromatic carbocycles. The molecule has 0 radical (unpaired) electrons. The number of anilines is 1. The predicted octanol–water partition coefficient (Wildman–Crippen LogP) is 5.60. The van der Waals surface area contributed by atoms with Gasteiger partial charge in [-0.15, -0.1) is 11.8 Å². The highest BCUT2D eigenvalue weighted by atomic mass is 32.2. The van der Waals surface area contributed by atoms with Crippen LogP contribution in [0, 0.1) is 17.2 Å². The maximum absolute atomic E-state index is 13.2. The second-order valence-electron chi connectivity index (χ2n) is 6.67. The third-order valence-electron chi connectivity index (χ3n) is 4.93. The largest absolute Gasteiger partial charge is 0.325 e. The molecule has 0 aliphatic heterocycles. The van der Waals surface area contributed by atoms with E-state index in [1.807, 2.05) is 42.5 Å². The number of carbonyl (C=O) groups excluding carboxylic acids is 1. The van der Waals surface area contributed by atoms with Crippen LogP contribution in [0.4, 0.5) is 5.69 Å². The number of nitrogens with zero attached hydrogens (tertiary/aromatic N) is 1. The molecule has 0 heterocycles. The number of benzene rings is 2. The highest BCUT2D eigenvalue weighted by molar-refractivity contribution is 7.99. The van der Waals surface area contributed by atoms with Crippen molar-refractivity contribution < 1.29 is 4.79 Å². The maximum atomic E-state index is 13.2. The highest BCUT2D eigenvalue weighted by Crippen LogP contribution is 2.38. The summed E-state index contributed by atoms with van der Waals surface area (Å²) in [5.41, 5.74) is 1.95. The van der Waals surface area contributed by atoms with Crippen LogP contribution in [0.15, 0.2) is 59.5 Å². The Morgan fingerprint density at radius 1 is 1.12 bits per heavy atom. The fraction of sp³-hybridized carbons (Fsp3) is 0.364. The molecule has 1 aliphatic rings. The second kappa shape index (κ2) is 9.45. The summed E-state index contributed by atoms with van der Waals surface area (Å²) in [4.78, 5) is 14.2. The van der Waals surface area contributed by atoms with E-state index in [4.69, 9.17) is 5.26 Å². The molecule has 0 unspecified atom stereocenters. The lowest BCUT2D eigenvalue weighted by molar-refractivity contribution is -0.118. The minimum absolute atomic E-state index is 0.0800. The first kappa shape index (κ1) is 18.5. The van der Waals surface area contributed by atoms with Gasteiger partial charge in [0.25, 0.3) is 0 Å². The van der Waals surface area contributed by atoms with Gasteiger partial charge in [0.2, 0.25) is 5.91 Å². The summed E-state index contributed by atoms with van der Waals surface area (Å²) in [7, 11) is 0. The van der Waals surface area contributed by atoms with Crippen LogP contribution in [0.3, 0.4) is 0 Å². The average molecular weight is 365 g/mol. The molecule has 2 aromatic rings. The molecular weight excluding hydrogens is 340 g/mol. The zero-order valence-electron chi connectivity index (χ0n) is 14.9. The molecule has 26 heavy (non-hydrogen) atoms. The van der Waals surface area contributed by atoms with Crippen molar-refractivity contribution in [3.05, 3.63) is 60.2 Å². The van der Waals surface area contributed by atoms with Gasteiger partial charge >= 0.3 is 0 Å². The molecule has 0 bridgehead atoms. The minimum Gasteiger partial charge on any atom is -0.325 e. The van der Waals surface area contributed by atoms with Gasteiger partial charge in [0.05, 0.1) is 17.7 Å². The van der Waals surface area contributed by atoms with E-state index < -0.39 is 0 Å². The molecule has 3 rings (SSSR count). The number of carbonyl (C=O) groups is 1. The monoisotopic (exact) mass is 364 g/mol. The van der Waals surface area contributed by atoms with E-state index >= 15 is 0 Å². The summed E-state index contributed by atoms with van der Waals surface area (Å²) >= 11 is 1.62. The summed E-state index contributed by atoms with van der Waals surface area (Å²) in [6, 6.07) is 20.2. The first-order chi connectivity index (χ1) is 12.8. The van der Waals surface area contributed by atoms with Gasteiger partial charge < -0.3 is 5.32 Å². The quantitative estimate of drug-likeness (QED) is 0.513. The Labute approximate surface area is 159 Å². The molecule has 1 fully saturated rings. The van der Waals surface area contributed by atoms with E-state index in [1.165, 1.54) is 12.8 Å². The van der Waals surface area contributed by atoms with E-state index in [0.29, 0.717) is 12.3 Å². The van der Waals surface area contributed by atoms with Crippen LogP contribution in [-0.2, 0) is 4.79 Å². The summed E-state index contributed by atoms with van der Waals surface area (Å²) in [6.07, 6.45) is 5.16. The molecule has 1 saturated carbocycles. The Balaban J connectivity index is 1.79. The molecule has 3 nitrogen and oxygen atoms in total. The van der Waals surface area contributed by atoms with Crippen molar-refractivity contribution in [2.24, 2.45) is 5.92 Å². The molecule has 1 amide bonds. The van der Waals surface area contributed by atoms with Gasteiger partial charge in [-0.2, -0.15) is 5.26 Å². The highest BCUT2D eigenvalue weighted by Gasteiger charge is 2.32. The topological polar surface area (TPSA) is 52.9 Å². The Morgan fingerprint density at radius 3 is 2.54 bits per heavy atom. The number of amides is 1. The zero-order chi connectivity index (χ0) is 18.2. The van der Waals surface area contributed by atoms with E-state index in [-0.39, 0.29) is 11.8 Å². The maximum Gasteiger partial charge on any atom is 0.232 e. The number of para-hydroxylation sites is 1. The lowest BCUT2D eigenvalue weighted by atomic mass is 9.84. The van der Waals surface area contributed by atoms with Crippen molar-refractivity contribution in [1.82, 2.24) is 0 Å². The molecule has 134 valence electrons. The molecule has 0 saturated heterocycles. The van der Waals surface area contributed by atoms with Gasteiger partial charge in [0, 0.05) is 17.1 Å². The minimum atomic E-state index is -0.101. The molecule has 1 N–H and O–H groups in total. The Morgan fingerprint density at radius 2 is 1.81 bits per heavy atom. The molecule has 4 heteroatoms. The van der Waals surface area contributed by atoms with Crippen molar-refractivity contribution in [2.45, 2.75) is 42.9 Å². The number of hydrogen-bond acceptors (Lipinski definition) is 3. The van der Waals surface area contributed by atoms with Gasteiger partial charge in [-0.05, 0) is 36.5 Å². The van der Waals surface area contributed by atoms with Crippen LogP contribution < -0.4 is 5.32 Å². The van der Waals surface area contributed by atoms with E-state index in [1.54, 1.807) is 11.8 Å². The number of hydrogen-bond donors (Lipinski definition) is 1. The Kier molecular flexibility index (Phi) is 6.74. The van der Waals surface area contributed by atoms with E-state index in [2.05, 4.69) is 23.5 Å². The van der Waals surface area contributed by atoms with Crippen LogP contribution in [-0.4, -0.2) is 11.7 Å². The van der Waals surface area contributed by atoms with Gasteiger partial charge in [-0.1, -0.05) is 55.3 Å². The molecule has 0 aromatic heterocycles. The Hall–Kier alpha value is -2.25. The third kappa shape index (κ3) is 4.68. The van der Waals surface area contributed by atoms with Gasteiger partial charge in [-0.3, -0.25) is 4.79 Å². The van der Waals surface area contributed by atoms with Crippen molar-refractivity contribution in [1.29, 1.82) is 5.26 Å². The van der Waals surface area contributed by atoms with Gasteiger partial charge in [-0.25, -0.2) is 0 Å². The number of nitriles is 1. The number of nitrogens with one attached hydrogen (secondary N) is 1. The molecule has 1 aliphatic carbocycles. The van der Waals surface area contributed by atoms with Crippen molar-refractivity contribution >= 4 is 23.4 Å². The lowest BCUT2D eigenvalue weighted by Crippen LogP contribution is -2.26. The standard InChI is InChI=1S/C22H24N2OS/c23-15-8-16-26-20-14-7-6-13-19(20)24-22(25)21(18-11-4-5-12-18)17-9-2-1-3-10-17/h1-3,6-7,9-10,13-14,18,21H,4-5,8,11-12,16H2,(H,24,25)/t21-/m0/s1. The summed E-state index contributed by atoms with van der Waals surface area (Å²) in [5.74, 6) is 1.12. The molecule has 1 atom stereocenters. The van der Waals surface area contributed by atoms with E-state index in [9.17, 15) is 4.79 Å². The van der Waals surface area contributed by atoms with Crippen LogP contribution in [0.5, 0.6) is 0 Å². The van der Waals surface area contributed by atoms with Gasteiger partial charge in [0.1, 0.15) is 0 Å². The summed E-state index contributed by atoms with van der Waals surface area (Å²) in [5, 5.41) is 11.9. The summed E-state index contributed by atoms with van der Waals surface area (Å²) < 4.78 is 0.